The third-order valence-corrected chi connectivity index (χ3v) is 9.90. The molecule has 3 saturated heterocycles. The summed E-state index contributed by atoms with van der Waals surface area (Å²) in [6, 6.07) is 22.9. The Bertz CT molecular complexity index is 1470. The molecular weight excluding hydrogens is 554 g/mol. The number of amides is 2. The minimum Gasteiger partial charge on any atom is -0.392 e. The van der Waals surface area contributed by atoms with Crippen molar-refractivity contribution in [1.82, 2.24) is 9.80 Å². The number of aliphatic hydroxyl groups is 1. The van der Waals surface area contributed by atoms with Gasteiger partial charge >= 0.3 is 0 Å². The van der Waals surface area contributed by atoms with Crippen LogP contribution in [0.3, 0.4) is 0 Å². The van der Waals surface area contributed by atoms with E-state index in [0.29, 0.717) is 22.9 Å². The number of carbonyl (C=O) groups is 2. The van der Waals surface area contributed by atoms with Crippen molar-refractivity contribution < 1.29 is 24.2 Å². The molecule has 0 unspecified atom stereocenters. The van der Waals surface area contributed by atoms with Gasteiger partial charge in [0.15, 0.2) is 6.29 Å². The van der Waals surface area contributed by atoms with E-state index in [0.717, 1.165) is 36.3 Å². The van der Waals surface area contributed by atoms with E-state index in [2.05, 4.69) is 16.7 Å². The van der Waals surface area contributed by atoms with Gasteiger partial charge in [-0.1, -0.05) is 55.5 Å². The minimum absolute atomic E-state index is 0.00626. The zero-order chi connectivity index (χ0) is 30.2. The van der Waals surface area contributed by atoms with E-state index in [1.165, 1.54) is 43.7 Å². The van der Waals surface area contributed by atoms with Crippen molar-refractivity contribution in [3.8, 4) is 0 Å². The lowest BCUT2D eigenvalue weighted by Crippen LogP contribution is -2.48. The van der Waals surface area contributed by atoms with Gasteiger partial charge in [-0.2, -0.15) is 0 Å². The Morgan fingerprint density at radius 3 is 2.23 bits per heavy atom. The van der Waals surface area contributed by atoms with E-state index in [9.17, 15) is 14.7 Å². The van der Waals surface area contributed by atoms with E-state index in [1.807, 2.05) is 42.5 Å². The number of rotatable bonds is 8. The lowest BCUT2D eigenvalue weighted by atomic mass is 9.90. The van der Waals surface area contributed by atoms with Crippen molar-refractivity contribution >= 4 is 17.5 Å². The summed E-state index contributed by atoms with van der Waals surface area (Å²) in [6.07, 6.45) is 4.02. The summed E-state index contributed by atoms with van der Waals surface area (Å²) in [5.41, 5.74) is 4.01. The van der Waals surface area contributed by atoms with E-state index in [4.69, 9.17) is 9.47 Å². The van der Waals surface area contributed by atoms with Crippen LogP contribution in [0.25, 0.3) is 0 Å². The Kier molecular flexibility index (Phi) is 8.35. The van der Waals surface area contributed by atoms with Crippen molar-refractivity contribution in [1.29, 1.82) is 0 Å². The molecule has 0 bridgehead atoms. The zero-order valence-electron chi connectivity index (χ0n) is 25.3. The van der Waals surface area contributed by atoms with E-state index in [1.54, 1.807) is 30.3 Å². The zero-order valence-corrected chi connectivity index (χ0v) is 25.3. The lowest BCUT2D eigenvalue weighted by Gasteiger charge is -2.43. The first-order valence-electron chi connectivity index (χ1n) is 16.0. The molecule has 8 heteroatoms. The van der Waals surface area contributed by atoms with Crippen molar-refractivity contribution in [2.45, 2.75) is 63.8 Å². The molecule has 0 aromatic heterocycles. The molecule has 1 N–H and O–H groups in total. The van der Waals surface area contributed by atoms with Crippen molar-refractivity contribution in [2.75, 3.05) is 37.6 Å². The van der Waals surface area contributed by atoms with E-state index >= 15 is 0 Å². The molecule has 0 spiro atoms. The van der Waals surface area contributed by atoms with Gasteiger partial charge in [-0.15, -0.1) is 0 Å². The lowest BCUT2D eigenvalue weighted by molar-refractivity contribution is -0.276. The Hall–Kier alpha value is -3.40. The second-order valence-electron chi connectivity index (χ2n) is 12.7. The highest BCUT2D eigenvalue weighted by atomic mass is 16.7. The van der Waals surface area contributed by atoms with Crippen LogP contribution in [0.4, 0.5) is 5.69 Å². The molecule has 0 aliphatic carbocycles. The SMILES string of the molecule is C[C@H]1[C@@H](CN2CCC[C@H]2CN2CCCC2)O[C@@H](c2cccc(N3C(=O)c4ccccc4C3=O)c2)O[C@H]1c1ccc(CO)cc1. The second-order valence-corrected chi connectivity index (χ2v) is 12.7. The molecule has 0 saturated carbocycles. The summed E-state index contributed by atoms with van der Waals surface area (Å²) in [4.78, 5) is 33.0. The van der Waals surface area contributed by atoms with Crippen molar-refractivity contribution in [3.05, 3.63) is 101 Å². The summed E-state index contributed by atoms with van der Waals surface area (Å²) in [5, 5.41) is 9.61. The van der Waals surface area contributed by atoms with Crippen molar-refractivity contribution in [3.63, 3.8) is 0 Å². The summed E-state index contributed by atoms with van der Waals surface area (Å²) < 4.78 is 13.5. The van der Waals surface area contributed by atoms with Gasteiger partial charge < -0.3 is 19.5 Å². The van der Waals surface area contributed by atoms with Gasteiger partial charge in [-0.3, -0.25) is 14.5 Å². The number of aliphatic hydroxyl groups excluding tert-OH is 1. The maximum atomic E-state index is 13.2. The number of likely N-dealkylation sites (tertiary alicyclic amines) is 2. The maximum Gasteiger partial charge on any atom is 0.266 e. The molecule has 4 aliphatic rings. The van der Waals surface area contributed by atoms with Crippen LogP contribution in [0, 0.1) is 5.92 Å². The number of carbonyl (C=O) groups excluding carboxylic acids is 2. The standard InChI is InChI=1S/C36H41N3O5/c1-24-32(22-38-19-7-10-29(38)21-37-17-4-5-18-37)43-36(44-33(24)26-15-13-25(23-40)14-16-26)27-8-6-9-28(20-27)39-34(41)30-11-2-3-12-31(30)35(39)42/h2-3,6,8-9,11-16,20,24,29,32-33,36,40H,4-5,7,10,17-19,21-23H2,1H3/t24-,29-,32+,33+,36+/m0/s1. The molecule has 44 heavy (non-hydrogen) atoms. The van der Waals surface area contributed by atoms with Crippen LogP contribution in [-0.2, 0) is 16.1 Å². The van der Waals surface area contributed by atoms with E-state index < -0.39 is 6.29 Å². The van der Waals surface area contributed by atoms with Gasteiger partial charge in [0.25, 0.3) is 11.8 Å². The quantitative estimate of drug-likeness (QED) is 0.353. The molecule has 3 aromatic carbocycles. The molecule has 4 aliphatic heterocycles. The molecule has 230 valence electrons. The predicted octanol–water partition coefficient (Wildman–Crippen LogP) is 5.33. The Balaban J connectivity index is 1.16. The first-order valence-corrected chi connectivity index (χ1v) is 16.0. The number of anilines is 1. The molecule has 8 nitrogen and oxygen atoms in total. The molecule has 5 atom stereocenters. The Labute approximate surface area is 259 Å². The fourth-order valence-corrected chi connectivity index (χ4v) is 7.40. The first-order chi connectivity index (χ1) is 21.5. The smallest absolute Gasteiger partial charge is 0.266 e. The van der Waals surface area contributed by atoms with Crippen LogP contribution < -0.4 is 4.90 Å². The van der Waals surface area contributed by atoms with Gasteiger partial charge in [-0.25, -0.2) is 4.90 Å². The molecule has 3 aromatic rings. The van der Waals surface area contributed by atoms with Gasteiger partial charge in [0.1, 0.15) is 0 Å². The number of hydrogen-bond acceptors (Lipinski definition) is 7. The number of nitrogens with zero attached hydrogens (tertiary/aromatic N) is 3. The van der Waals surface area contributed by atoms with Crippen LogP contribution in [0.2, 0.25) is 0 Å². The Morgan fingerprint density at radius 1 is 0.795 bits per heavy atom. The molecule has 7 rings (SSSR count). The second kappa shape index (κ2) is 12.5. The summed E-state index contributed by atoms with van der Waals surface area (Å²) in [7, 11) is 0. The summed E-state index contributed by atoms with van der Waals surface area (Å²) in [6.45, 7) is 7.61. The predicted molar refractivity (Wildman–Crippen MR) is 167 cm³/mol. The maximum absolute atomic E-state index is 13.2. The molecule has 4 heterocycles. The van der Waals surface area contributed by atoms with Crippen LogP contribution >= 0.6 is 0 Å². The van der Waals surface area contributed by atoms with Crippen LogP contribution in [-0.4, -0.2) is 71.6 Å². The number of ether oxygens (including phenoxy) is 2. The average molecular weight is 596 g/mol. The summed E-state index contributed by atoms with van der Waals surface area (Å²) >= 11 is 0. The number of fused-ring (bicyclic) bond motifs is 1. The molecular formula is C36H41N3O5. The van der Waals surface area contributed by atoms with Crippen LogP contribution in [0.15, 0.2) is 72.8 Å². The highest BCUT2D eigenvalue weighted by Crippen LogP contribution is 2.43. The fraction of sp³-hybridized carbons (Fsp3) is 0.444. The normalized spacial score (nSPS) is 27.8. The van der Waals surface area contributed by atoms with Gasteiger partial charge in [-0.05, 0) is 80.7 Å². The highest BCUT2D eigenvalue weighted by Gasteiger charge is 2.42. The fourth-order valence-electron chi connectivity index (χ4n) is 7.40. The minimum atomic E-state index is -0.673. The first kappa shape index (κ1) is 29.3. The highest BCUT2D eigenvalue weighted by molar-refractivity contribution is 6.34. The monoisotopic (exact) mass is 595 g/mol. The third-order valence-electron chi connectivity index (χ3n) is 9.90. The third kappa shape index (κ3) is 5.61. The number of imide groups is 1. The Morgan fingerprint density at radius 2 is 1.52 bits per heavy atom. The van der Waals surface area contributed by atoms with Gasteiger partial charge in [0.05, 0.1) is 35.6 Å². The molecule has 3 fully saturated rings. The van der Waals surface area contributed by atoms with E-state index in [-0.39, 0.29) is 36.5 Å². The topological polar surface area (TPSA) is 82.6 Å². The van der Waals surface area contributed by atoms with Crippen LogP contribution in [0.5, 0.6) is 0 Å². The van der Waals surface area contributed by atoms with Gasteiger partial charge in [0.2, 0.25) is 0 Å². The number of benzene rings is 3. The molecule has 0 radical (unpaired) electrons. The summed E-state index contributed by atoms with van der Waals surface area (Å²) in [5.74, 6) is -0.557. The number of hydrogen-bond donors (Lipinski definition) is 1. The van der Waals surface area contributed by atoms with Crippen molar-refractivity contribution in [2.24, 2.45) is 5.92 Å². The van der Waals surface area contributed by atoms with Crippen LogP contribution in [0.1, 0.15) is 82.4 Å². The molecule has 2 amide bonds. The van der Waals surface area contributed by atoms with Gasteiger partial charge in [0, 0.05) is 30.6 Å². The largest absolute Gasteiger partial charge is 0.392 e. The average Bonchev–Trinajstić information content (AvgIpc) is 3.79.